The van der Waals surface area contributed by atoms with Gasteiger partial charge in [-0.25, -0.2) is 0 Å². The van der Waals surface area contributed by atoms with Crippen LogP contribution in [-0.4, -0.2) is 16.9 Å². The molecule has 0 amide bonds. The van der Waals surface area contributed by atoms with Crippen LogP contribution in [0.2, 0.25) is 0 Å². The van der Waals surface area contributed by atoms with Crippen LogP contribution in [0, 0.1) is 11.8 Å². The molecule has 0 aliphatic heterocycles. The molecule has 0 aliphatic carbocycles. The molecular formula is C16H30O3. The second-order valence-corrected chi connectivity index (χ2v) is 5.80. The molecule has 0 saturated carbocycles. The van der Waals surface area contributed by atoms with E-state index in [1.165, 1.54) is 25.7 Å². The lowest BCUT2D eigenvalue weighted by Gasteiger charge is -2.07. The first kappa shape index (κ1) is 18.1. The van der Waals surface area contributed by atoms with E-state index in [0.29, 0.717) is 5.78 Å². The zero-order valence-corrected chi connectivity index (χ0v) is 12.8. The van der Waals surface area contributed by atoms with Gasteiger partial charge in [0.05, 0.1) is 5.92 Å². The Bertz CT molecular complexity index is 235. The van der Waals surface area contributed by atoms with Crippen molar-refractivity contribution in [2.75, 3.05) is 0 Å². The van der Waals surface area contributed by atoms with Crippen LogP contribution in [0.25, 0.3) is 0 Å². The van der Waals surface area contributed by atoms with Crippen LogP contribution in [0.1, 0.15) is 78.6 Å². The van der Waals surface area contributed by atoms with Crippen LogP contribution >= 0.6 is 0 Å². The van der Waals surface area contributed by atoms with Crippen LogP contribution < -0.4 is 0 Å². The summed E-state index contributed by atoms with van der Waals surface area (Å²) < 4.78 is 0. The number of rotatable bonds is 12. The highest BCUT2D eigenvalue weighted by Crippen LogP contribution is 2.15. The number of aliphatic carboxylic acids is 1. The smallest absolute Gasteiger partial charge is 0.306 e. The fourth-order valence-electron chi connectivity index (χ4n) is 2.11. The SMILES string of the molecule is CC(=O)C(C)CCCCCCCCCC(C)C(=O)O. The quantitative estimate of drug-likeness (QED) is 0.533. The molecule has 3 heteroatoms. The average molecular weight is 270 g/mol. The third-order valence-corrected chi connectivity index (χ3v) is 3.89. The molecule has 0 spiro atoms. The molecule has 0 aromatic rings. The molecule has 0 aliphatic rings. The lowest BCUT2D eigenvalue weighted by Crippen LogP contribution is -2.08. The van der Waals surface area contributed by atoms with Gasteiger partial charge in [0, 0.05) is 5.92 Å². The number of ketones is 1. The minimum atomic E-state index is -0.681. The van der Waals surface area contributed by atoms with Gasteiger partial charge >= 0.3 is 5.97 Å². The molecule has 2 atom stereocenters. The summed E-state index contributed by atoms with van der Waals surface area (Å²) in [5, 5.41) is 8.74. The lowest BCUT2D eigenvalue weighted by molar-refractivity contribution is -0.141. The number of hydrogen-bond acceptors (Lipinski definition) is 2. The van der Waals surface area contributed by atoms with Crippen LogP contribution in [0.15, 0.2) is 0 Å². The summed E-state index contributed by atoms with van der Waals surface area (Å²) >= 11 is 0. The Hall–Kier alpha value is -0.860. The van der Waals surface area contributed by atoms with Crippen LogP contribution in [-0.2, 0) is 9.59 Å². The van der Waals surface area contributed by atoms with E-state index in [1.807, 2.05) is 6.92 Å². The molecule has 0 aromatic carbocycles. The van der Waals surface area contributed by atoms with E-state index < -0.39 is 5.97 Å². The van der Waals surface area contributed by atoms with Gasteiger partial charge in [-0.1, -0.05) is 58.8 Å². The number of unbranched alkanes of at least 4 members (excludes halogenated alkanes) is 6. The van der Waals surface area contributed by atoms with Gasteiger partial charge in [-0.3, -0.25) is 9.59 Å². The highest BCUT2D eigenvalue weighted by molar-refractivity contribution is 5.77. The minimum Gasteiger partial charge on any atom is -0.481 e. The zero-order chi connectivity index (χ0) is 14.7. The monoisotopic (exact) mass is 270 g/mol. The van der Waals surface area contributed by atoms with Crippen molar-refractivity contribution in [3.05, 3.63) is 0 Å². The number of carbonyl (C=O) groups is 2. The summed E-state index contributed by atoms with van der Waals surface area (Å²) in [7, 11) is 0. The van der Waals surface area contributed by atoms with E-state index in [1.54, 1.807) is 13.8 Å². The normalized spacial score (nSPS) is 14.1. The topological polar surface area (TPSA) is 54.4 Å². The van der Waals surface area contributed by atoms with Crippen LogP contribution in [0.5, 0.6) is 0 Å². The first-order valence-corrected chi connectivity index (χ1v) is 7.68. The van der Waals surface area contributed by atoms with Gasteiger partial charge in [0.2, 0.25) is 0 Å². The van der Waals surface area contributed by atoms with Gasteiger partial charge in [0.25, 0.3) is 0 Å². The van der Waals surface area contributed by atoms with E-state index in [2.05, 4.69) is 0 Å². The van der Waals surface area contributed by atoms with Crippen molar-refractivity contribution in [1.82, 2.24) is 0 Å². The standard InChI is InChI=1S/C16H30O3/c1-13(15(3)17)11-9-7-5-4-6-8-10-12-14(2)16(18)19/h13-14H,4-12H2,1-3H3,(H,18,19). The molecule has 0 rings (SSSR count). The van der Waals surface area contributed by atoms with Crippen molar-refractivity contribution in [2.24, 2.45) is 11.8 Å². The molecule has 0 aromatic heterocycles. The maximum Gasteiger partial charge on any atom is 0.306 e. The third-order valence-electron chi connectivity index (χ3n) is 3.89. The predicted molar refractivity (Wildman–Crippen MR) is 78.2 cm³/mol. The van der Waals surface area contributed by atoms with E-state index in [-0.39, 0.29) is 11.8 Å². The van der Waals surface area contributed by atoms with Crippen molar-refractivity contribution in [3.8, 4) is 0 Å². The van der Waals surface area contributed by atoms with E-state index >= 15 is 0 Å². The van der Waals surface area contributed by atoms with Crippen molar-refractivity contribution >= 4 is 11.8 Å². The van der Waals surface area contributed by atoms with E-state index in [4.69, 9.17) is 5.11 Å². The second-order valence-electron chi connectivity index (χ2n) is 5.80. The molecule has 0 radical (unpaired) electrons. The fourth-order valence-corrected chi connectivity index (χ4v) is 2.11. The Balaban J connectivity index is 3.24. The van der Waals surface area contributed by atoms with Crippen molar-refractivity contribution in [2.45, 2.75) is 78.6 Å². The zero-order valence-electron chi connectivity index (χ0n) is 12.8. The average Bonchev–Trinajstić information content (AvgIpc) is 2.35. The summed E-state index contributed by atoms with van der Waals surface area (Å²) in [6.45, 7) is 5.45. The second kappa shape index (κ2) is 11.0. The highest BCUT2D eigenvalue weighted by atomic mass is 16.4. The van der Waals surface area contributed by atoms with Gasteiger partial charge in [0.1, 0.15) is 5.78 Å². The van der Waals surface area contributed by atoms with Gasteiger partial charge in [-0.05, 0) is 19.8 Å². The number of carbonyl (C=O) groups excluding carboxylic acids is 1. The Labute approximate surface area is 117 Å². The Morgan fingerprint density at radius 1 is 0.789 bits per heavy atom. The molecule has 1 N–H and O–H groups in total. The summed E-state index contributed by atoms with van der Waals surface area (Å²) in [4.78, 5) is 21.7. The molecule has 19 heavy (non-hydrogen) atoms. The largest absolute Gasteiger partial charge is 0.481 e. The molecular weight excluding hydrogens is 240 g/mol. The van der Waals surface area contributed by atoms with Crippen LogP contribution in [0.4, 0.5) is 0 Å². The maximum absolute atomic E-state index is 11.0. The summed E-state index contributed by atoms with van der Waals surface area (Å²) in [6.07, 6.45) is 10.0. The van der Waals surface area contributed by atoms with E-state index in [0.717, 1.165) is 32.1 Å². The fraction of sp³-hybridized carbons (Fsp3) is 0.875. The van der Waals surface area contributed by atoms with Gasteiger partial charge in [0.15, 0.2) is 0 Å². The lowest BCUT2D eigenvalue weighted by atomic mass is 9.98. The third kappa shape index (κ3) is 10.7. The minimum absolute atomic E-state index is 0.201. The van der Waals surface area contributed by atoms with Crippen molar-refractivity contribution < 1.29 is 14.7 Å². The first-order valence-electron chi connectivity index (χ1n) is 7.68. The number of Topliss-reactive ketones (excluding diaryl/α,β-unsaturated/α-hetero) is 1. The summed E-state index contributed by atoms with van der Waals surface area (Å²) in [5.41, 5.74) is 0. The number of carboxylic acids is 1. The molecule has 2 unspecified atom stereocenters. The van der Waals surface area contributed by atoms with Crippen LogP contribution in [0.3, 0.4) is 0 Å². The maximum atomic E-state index is 11.0. The van der Waals surface area contributed by atoms with Gasteiger partial charge < -0.3 is 5.11 Å². The van der Waals surface area contributed by atoms with E-state index in [9.17, 15) is 9.59 Å². The van der Waals surface area contributed by atoms with Crippen molar-refractivity contribution in [3.63, 3.8) is 0 Å². The Morgan fingerprint density at radius 3 is 1.53 bits per heavy atom. The van der Waals surface area contributed by atoms with Gasteiger partial charge in [-0.15, -0.1) is 0 Å². The summed E-state index contributed by atoms with van der Waals surface area (Å²) in [5.74, 6) is -0.363. The Morgan fingerprint density at radius 2 is 1.16 bits per heavy atom. The van der Waals surface area contributed by atoms with Gasteiger partial charge in [-0.2, -0.15) is 0 Å². The highest BCUT2D eigenvalue weighted by Gasteiger charge is 2.09. The number of carboxylic acid groups (broad SMARTS) is 1. The Kier molecular flexibility index (Phi) is 10.5. The molecule has 0 fully saturated rings. The molecule has 0 heterocycles. The molecule has 112 valence electrons. The number of hydrogen-bond donors (Lipinski definition) is 1. The first-order chi connectivity index (χ1) is 8.95. The molecule has 0 bridgehead atoms. The molecule has 3 nitrogen and oxygen atoms in total. The molecule has 0 saturated heterocycles. The van der Waals surface area contributed by atoms with Crippen molar-refractivity contribution in [1.29, 1.82) is 0 Å². The predicted octanol–water partition coefficient (Wildman–Crippen LogP) is 4.44. The summed E-state index contributed by atoms with van der Waals surface area (Å²) in [6, 6.07) is 0.